The predicted molar refractivity (Wildman–Crippen MR) is 85.5 cm³/mol. The van der Waals surface area contributed by atoms with E-state index in [9.17, 15) is 4.79 Å². The molecule has 0 bridgehead atoms. The quantitative estimate of drug-likeness (QED) is 0.622. The molecule has 20 heavy (non-hydrogen) atoms. The van der Waals surface area contributed by atoms with E-state index >= 15 is 0 Å². The molecular weight excluding hydrogens is 391 g/mol. The lowest BCUT2D eigenvalue weighted by molar-refractivity contribution is -0.115. The second kappa shape index (κ2) is 5.41. The smallest absolute Gasteiger partial charge is 0.275 e. The van der Waals surface area contributed by atoms with Gasteiger partial charge < -0.3 is 9.73 Å². The Bertz CT molecular complexity index is 736. The molecule has 0 saturated heterocycles. The van der Waals surface area contributed by atoms with Gasteiger partial charge in [-0.2, -0.15) is 0 Å². The fourth-order valence-corrected chi connectivity index (χ4v) is 2.48. The molecule has 4 nitrogen and oxygen atoms in total. The van der Waals surface area contributed by atoms with E-state index in [2.05, 4.69) is 32.9 Å². The molecule has 1 aliphatic rings. The van der Waals surface area contributed by atoms with E-state index in [1.165, 1.54) is 0 Å². The Morgan fingerprint density at radius 1 is 1.35 bits per heavy atom. The third-order valence-corrected chi connectivity index (χ3v) is 3.70. The van der Waals surface area contributed by atoms with E-state index in [1.54, 1.807) is 30.5 Å². The number of carbonyl (C=O) groups is 1. The molecule has 0 aliphatic carbocycles. The number of amidine groups is 1. The van der Waals surface area contributed by atoms with Crippen molar-refractivity contribution in [2.75, 3.05) is 0 Å². The number of furan rings is 1. The van der Waals surface area contributed by atoms with Gasteiger partial charge in [-0.1, -0.05) is 11.6 Å². The number of nitrogens with zero attached hydrogens (tertiary/aromatic N) is 1. The molecule has 100 valence electrons. The Morgan fingerprint density at radius 2 is 2.20 bits per heavy atom. The minimum Gasteiger partial charge on any atom is -0.465 e. The third-order valence-electron chi connectivity index (χ3n) is 2.70. The number of halogens is 2. The maximum atomic E-state index is 11.9. The molecule has 0 atom stereocenters. The van der Waals surface area contributed by atoms with E-state index < -0.39 is 0 Å². The van der Waals surface area contributed by atoms with Gasteiger partial charge in [0, 0.05) is 15.2 Å². The van der Waals surface area contributed by atoms with Gasteiger partial charge in [0.25, 0.3) is 5.91 Å². The van der Waals surface area contributed by atoms with Gasteiger partial charge in [-0.25, -0.2) is 4.99 Å². The molecule has 2 heterocycles. The molecule has 1 aromatic heterocycles. The van der Waals surface area contributed by atoms with Crippen molar-refractivity contribution in [3.63, 3.8) is 0 Å². The van der Waals surface area contributed by atoms with Crippen molar-refractivity contribution in [2.24, 2.45) is 4.99 Å². The topological polar surface area (TPSA) is 54.6 Å². The Labute approximate surface area is 133 Å². The number of hydrogen-bond acceptors (Lipinski definition) is 3. The first-order valence-corrected chi connectivity index (χ1v) is 7.20. The molecular formula is C14H8ClIN2O2. The summed E-state index contributed by atoms with van der Waals surface area (Å²) in [5.41, 5.74) is 1.000. The number of rotatable bonds is 2. The molecule has 0 unspecified atom stereocenters. The number of hydrogen-bond donors (Lipinski definition) is 1. The molecule has 1 amide bonds. The molecule has 3 rings (SSSR count). The lowest BCUT2D eigenvalue weighted by atomic mass is 10.2. The maximum Gasteiger partial charge on any atom is 0.275 e. The number of amides is 1. The zero-order valence-corrected chi connectivity index (χ0v) is 13.0. The van der Waals surface area contributed by atoms with Crippen LogP contribution in [0.1, 0.15) is 11.3 Å². The van der Waals surface area contributed by atoms with Crippen LogP contribution in [0.25, 0.3) is 6.08 Å². The monoisotopic (exact) mass is 398 g/mol. The van der Waals surface area contributed by atoms with Crippen molar-refractivity contribution in [2.45, 2.75) is 0 Å². The van der Waals surface area contributed by atoms with Crippen molar-refractivity contribution in [3.05, 3.63) is 62.2 Å². The van der Waals surface area contributed by atoms with Crippen LogP contribution in [-0.4, -0.2) is 11.7 Å². The van der Waals surface area contributed by atoms with Gasteiger partial charge in [0.15, 0.2) is 0 Å². The molecule has 1 aliphatic heterocycles. The van der Waals surface area contributed by atoms with Crippen LogP contribution in [0.15, 0.2) is 51.7 Å². The molecule has 1 aromatic carbocycles. The molecule has 0 spiro atoms. The van der Waals surface area contributed by atoms with Gasteiger partial charge in [-0.05, 0) is 52.9 Å². The number of nitrogens with one attached hydrogen (secondary N) is 1. The molecule has 0 radical (unpaired) electrons. The summed E-state index contributed by atoms with van der Waals surface area (Å²) in [5.74, 6) is 0.761. The van der Waals surface area contributed by atoms with Crippen LogP contribution < -0.4 is 5.32 Å². The standard InChI is InChI=1S/C14H8ClIN2O2/c15-11-4-3-8(16)6-10(11)13-17-12(14(19)18-13)7-9-2-1-5-20-9/h1-7H,(H,17,18,19). The Balaban J connectivity index is 2.00. The van der Waals surface area contributed by atoms with Gasteiger partial charge in [-0.3, -0.25) is 4.79 Å². The fraction of sp³-hybridized carbons (Fsp3) is 0. The highest BCUT2D eigenvalue weighted by Crippen LogP contribution is 2.22. The molecule has 0 fully saturated rings. The third kappa shape index (κ3) is 2.64. The average Bonchev–Trinajstić information content (AvgIpc) is 3.04. The SMILES string of the molecule is O=C1NC(c2cc(I)ccc2Cl)=NC1=Cc1ccco1. The summed E-state index contributed by atoms with van der Waals surface area (Å²) in [6.45, 7) is 0. The number of aliphatic imine (C=N–C) groups is 1. The minimum absolute atomic E-state index is 0.272. The summed E-state index contributed by atoms with van der Waals surface area (Å²) in [6.07, 6.45) is 3.13. The average molecular weight is 399 g/mol. The second-order valence-electron chi connectivity index (χ2n) is 4.08. The van der Waals surface area contributed by atoms with Gasteiger partial charge in [0.1, 0.15) is 17.3 Å². The highest BCUT2D eigenvalue weighted by atomic mass is 127. The van der Waals surface area contributed by atoms with E-state index in [0.717, 1.165) is 3.57 Å². The van der Waals surface area contributed by atoms with E-state index in [-0.39, 0.29) is 5.91 Å². The normalized spacial score (nSPS) is 16.4. The van der Waals surface area contributed by atoms with E-state index in [0.29, 0.717) is 27.9 Å². The van der Waals surface area contributed by atoms with E-state index in [4.69, 9.17) is 16.0 Å². The zero-order valence-electron chi connectivity index (χ0n) is 10.1. The van der Waals surface area contributed by atoms with Crippen LogP contribution in [0, 0.1) is 3.57 Å². The van der Waals surface area contributed by atoms with Crippen molar-refractivity contribution >= 4 is 52.0 Å². The predicted octanol–water partition coefficient (Wildman–Crippen LogP) is 3.46. The Kier molecular flexibility index (Phi) is 3.62. The Morgan fingerprint density at radius 3 is 2.95 bits per heavy atom. The first-order chi connectivity index (χ1) is 9.63. The van der Waals surface area contributed by atoms with Crippen molar-refractivity contribution in [3.8, 4) is 0 Å². The van der Waals surface area contributed by atoms with E-state index in [1.807, 2.05) is 12.1 Å². The highest BCUT2D eigenvalue weighted by Gasteiger charge is 2.23. The largest absolute Gasteiger partial charge is 0.465 e. The summed E-state index contributed by atoms with van der Waals surface area (Å²) < 4.78 is 6.19. The summed E-state index contributed by atoms with van der Waals surface area (Å²) in [4.78, 5) is 16.2. The lowest BCUT2D eigenvalue weighted by Crippen LogP contribution is -2.25. The lowest BCUT2D eigenvalue weighted by Gasteiger charge is -2.03. The van der Waals surface area contributed by atoms with Gasteiger partial charge in [0.2, 0.25) is 0 Å². The minimum atomic E-state index is -0.272. The van der Waals surface area contributed by atoms with Gasteiger partial charge in [-0.15, -0.1) is 0 Å². The van der Waals surface area contributed by atoms with Gasteiger partial charge in [0.05, 0.1) is 11.3 Å². The van der Waals surface area contributed by atoms with Crippen LogP contribution in [0.4, 0.5) is 0 Å². The van der Waals surface area contributed by atoms with Crippen LogP contribution in [-0.2, 0) is 4.79 Å². The fourth-order valence-electron chi connectivity index (χ4n) is 1.78. The van der Waals surface area contributed by atoms with Crippen molar-refractivity contribution < 1.29 is 9.21 Å². The van der Waals surface area contributed by atoms with Crippen LogP contribution in [0.5, 0.6) is 0 Å². The van der Waals surface area contributed by atoms with Crippen LogP contribution in [0.2, 0.25) is 5.02 Å². The summed E-state index contributed by atoms with van der Waals surface area (Å²) in [6, 6.07) is 9.05. The molecule has 6 heteroatoms. The summed E-state index contributed by atoms with van der Waals surface area (Å²) >= 11 is 8.32. The highest BCUT2D eigenvalue weighted by molar-refractivity contribution is 14.1. The summed E-state index contributed by atoms with van der Waals surface area (Å²) in [5, 5.41) is 3.26. The summed E-state index contributed by atoms with van der Waals surface area (Å²) in [7, 11) is 0. The molecule has 0 saturated carbocycles. The molecule has 1 N–H and O–H groups in total. The Hall–Kier alpha value is -1.60. The van der Waals surface area contributed by atoms with Crippen LogP contribution in [0.3, 0.4) is 0 Å². The maximum absolute atomic E-state index is 11.9. The zero-order chi connectivity index (χ0) is 14.1. The first-order valence-electron chi connectivity index (χ1n) is 5.74. The van der Waals surface area contributed by atoms with Crippen molar-refractivity contribution in [1.82, 2.24) is 5.32 Å². The molecule has 2 aromatic rings. The first kappa shape index (κ1) is 13.4. The number of carbonyl (C=O) groups excluding carboxylic acids is 1. The van der Waals surface area contributed by atoms with Crippen LogP contribution >= 0.6 is 34.2 Å². The second-order valence-corrected chi connectivity index (χ2v) is 5.74. The number of benzene rings is 1. The van der Waals surface area contributed by atoms with Crippen molar-refractivity contribution in [1.29, 1.82) is 0 Å². The van der Waals surface area contributed by atoms with Gasteiger partial charge >= 0.3 is 0 Å².